The first-order chi connectivity index (χ1) is 6.70. The highest BCUT2D eigenvalue weighted by Crippen LogP contribution is 2.34. The fourth-order valence-electron chi connectivity index (χ4n) is 1.11. The fraction of sp³-hybridized carbons (Fsp3) is 0.250. The molecule has 0 radical (unpaired) electrons. The zero-order chi connectivity index (χ0) is 10.1. The largest absolute Gasteiger partial charge is 0.382 e. The molecule has 0 saturated carbocycles. The molecule has 1 atom stereocenters. The van der Waals surface area contributed by atoms with E-state index in [0.717, 1.165) is 19.9 Å². The number of halogens is 1. The molecule has 0 saturated heterocycles. The van der Waals surface area contributed by atoms with Gasteiger partial charge in [-0.3, -0.25) is 0 Å². The van der Waals surface area contributed by atoms with Crippen LogP contribution in [0.5, 0.6) is 0 Å². The molecule has 6 heteroatoms. The van der Waals surface area contributed by atoms with Gasteiger partial charge in [0.25, 0.3) is 0 Å². The van der Waals surface area contributed by atoms with Crippen molar-refractivity contribution in [3.63, 3.8) is 0 Å². The highest BCUT2D eigenvalue weighted by Gasteiger charge is 2.19. The minimum Gasteiger partial charge on any atom is -0.382 e. The van der Waals surface area contributed by atoms with Crippen LogP contribution >= 0.6 is 38.8 Å². The lowest BCUT2D eigenvalue weighted by Crippen LogP contribution is -1.97. The van der Waals surface area contributed by atoms with Crippen LogP contribution in [0.3, 0.4) is 0 Å². The predicted octanol–water partition coefficient (Wildman–Crippen LogP) is 2.75. The van der Waals surface area contributed by atoms with Gasteiger partial charge in [-0.1, -0.05) is 4.49 Å². The molecule has 0 aliphatic heterocycles. The van der Waals surface area contributed by atoms with Gasteiger partial charge in [0.2, 0.25) is 0 Å². The SMILES string of the molecule is Cc1nnsc1C(O)c1sccc1Br. The minimum atomic E-state index is -0.607. The van der Waals surface area contributed by atoms with Crippen molar-refractivity contribution in [1.82, 2.24) is 9.59 Å². The van der Waals surface area contributed by atoms with E-state index < -0.39 is 6.10 Å². The highest BCUT2D eigenvalue weighted by atomic mass is 79.9. The summed E-state index contributed by atoms with van der Waals surface area (Å²) in [5.74, 6) is 0. The molecule has 1 unspecified atom stereocenters. The second-order valence-corrected chi connectivity index (χ2v) is 5.35. The van der Waals surface area contributed by atoms with Gasteiger partial charge < -0.3 is 5.11 Å². The molecular weight excluding hydrogens is 284 g/mol. The van der Waals surface area contributed by atoms with E-state index in [-0.39, 0.29) is 0 Å². The second-order valence-electron chi connectivity index (χ2n) is 2.76. The molecule has 0 bridgehead atoms. The Morgan fingerprint density at radius 2 is 2.29 bits per heavy atom. The van der Waals surface area contributed by atoms with E-state index in [1.807, 2.05) is 18.4 Å². The Bertz CT molecular complexity index is 400. The molecule has 14 heavy (non-hydrogen) atoms. The lowest BCUT2D eigenvalue weighted by atomic mass is 10.2. The maximum Gasteiger partial charge on any atom is 0.127 e. The van der Waals surface area contributed by atoms with E-state index in [4.69, 9.17) is 0 Å². The maximum absolute atomic E-state index is 10.0. The van der Waals surface area contributed by atoms with Crippen LogP contribution in [-0.4, -0.2) is 14.7 Å². The molecule has 0 spiro atoms. The number of hydrogen-bond acceptors (Lipinski definition) is 5. The summed E-state index contributed by atoms with van der Waals surface area (Å²) in [7, 11) is 0. The van der Waals surface area contributed by atoms with Gasteiger partial charge in [0.1, 0.15) is 6.10 Å². The minimum absolute atomic E-state index is 0.607. The summed E-state index contributed by atoms with van der Waals surface area (Å²) in [4.78, 5) is 1.72. The topological polar surface area (TPSA) is 46.0 Å². The smallest absolute Gasteiger partial charge is 0.127 e. The lowest BCUT2D eigenvalue weighted by molar-refractivity contribution is 0.226. The average Bonchev–Trinajstić information content (AvgIpc) is 2.73. The van der Waals surface area contributed by atoms with Crippen molar-refractivity contribution < 1.29 is 5.11 Å². The predicted molar refractivity (Wildman–Crippen MR) is 60.7 cm³/mol. The van der Waals surface area contributed by atoms with Crippen LogP contribution in [-0.2, 0) is 0 Å². The molecule has 0 aromatic carbocycles. The molecular formula is C8H7BrN2OS2. The summed E-state index contributed by atoms with van der Waals surface area (Å²) in [6, 6.07) is 1.92. The van der Waals surface area contributed by atoms with Gasteiger partial charge in [-0.25, -0.2) is 0 Å². The number of thiophene rings is 1. The van der Waals surface area contributed by atoms with E-state index in [1.54, 1.807) is 0 Å². The summed E-state index contributed by atoms with van der Waals surface area (Å²) in [6.45, 7) is 1.85. The van der Waals surface area contributed by atoms with Crippen molar-refractivity contribution >= 4 is 38.8 Å². The number of aliphatic hydroxyl groups excluding tert-OH is 1. The first-order valence-corrected chi connectivity index (χ1v) is 6.34. The second kappa shape index (κ2) is 4.06. The van der Waals surface area contributed by atoms with Crippen LogP contribution in [0.4, 0.5) is 0 Å². The number of nitrogens with zero attached hydrogens (tertiary/aromatic N) is 2. The molecule has 2 rings (SSSR count). The summed E-state index contributed by atoms with van der Waals surface area (Å²) >= 11 is 6.15. The van der Waals surface area contributed by atoms with Crippen LogP contribution in [0.25, 0.3) is 0 Å². The third-order valence-corrected chi connectivity index (χ3v) is 4.63. The molecule has 0 aliphatic carbocycles. The Morgan fingerprint density at radius 1 is 1.50 bits per heavy atom. The van der Waals surface area contributed by atoms with Crippen molar-refractivity contribution in [1.29, 1.82) is 0 Å². The molecule has 1 N–H and O–H groups in total. The Hall–Kier alpha value is -0.300. The number of rotatable bonds is 2. The Labute approximate surface area is 97.7 Å². The Kier molecular flexibility index (Phi) is 2.96. The standard InChI is InChI=1S/C8H7BrN2OS2/c1-4-7(14-11-10-4)6(12)8-5(9)2-3-13-8/h2-3,6,12H,1H3. The molecule has 0 amide bonds. The monoisotopic (exact) mass is 290 g/mol. The van der Waals surface area contributed by atoms with E-state index in [0.29, 0.717) is 0 Å². The van der Waals surface area contributed by atoms with Crippen LogP contribution in [0.15, 0.2) is 15.9 Å². The number of aryl methyl sites for hydroxylation is 1. The van der Waals surface area contributed by atoms with Crippen LogP contribution in [0.2, 0.25) is 0 Å². The van der Waals surface area contributed by atoms with E-state index in [9.17, 15) is 5.11 Å². The lowest BCUT2D eigenvalue weighted by Gasteiger charge is -2.06. The quantitative estimate of drug-likeness (QED) is 0.925. The molecule has 2 aromatic rings. The highest BCUT2D eigenvalue weighted by molar-refractivity contribution is 9.10. The van der Waals surface area contributed by atoms with Crippen molar-refractivity contribution in [2.45, 2.75) is 13.0 Å². The first-order valence-electron chi connectivity index (χ1n) is 3.90. The Morgan fingerprint density at radius 3 is 2.79 bits per heavy atom. The third-order valence-electron chi connectivity index (χ3n) is 1.83. The van der Waals surface area contributed by atoms with Crippen molar-refractivity contribution in [3.8, 4) is 0 Å². The first kappa shape index (κ1) is 10.2. The third kappa shape index (κ3) is 1.75. The van der Waals surface area contributed by atoms with Crippen molar-refractivity contribution in [3.05, 3.63) is 31.4 Å². The summed E-state index contributed by atoms with van der Waals surface area (Å²) < 4.78 is 4.74. The average molecular weight is 291 g/mol. The van der Waals surface area contributed by atoms with Crippen molar-refractivity contribution in [2.24, 2.45) is 0 Å². The van der Waals surface area contributed by atoms with Gasteiger partial charge in [0, 0.05) is 4.47 Å². The molecule has 0 aliphatic rings. The van der Waals surface area contributed by atoms with E-state index in [1.165, 1.54) is 22.9 Å². The normalized spacial score (nSPS) is 13.1. The van der Waals surface area contributed by atoms with E-state index >= 15 is 0 Å². The van der Waals surface area contributed by atoms with Gasteiger partial charge in [-0.05, 0) is 45.8 Å². The molecule has 74 valence electrons. The maximum atomic E-state index is 10.0. The zero-order valence-electron chi connectivity index (χ0n) is 7.27. The van der Waals surface area contributed by atoms with Crippen LogP contribution < -0.4 is 0 Å². The van der Waals surface area contributed by atoms with Gasteiger partial charge in [0.05, 0.1) is 15.4 Å². The zero-order valence-corrected chi connectivity index (χ0v) is 10.5. The number of hydrogen-bond donors (Lipinski definition) is 1. The summed E-state index contributed by atoms with van der Waals surface area (Å²) in [6.07, 6.45) is -0.607. The number of aliphatic hydroxyl groups is 1. The molecule has 2 aromatic heterocycles. The van der Waals surface area contributed by atoms with Gasteiger partial charge in [-0.2, -0.15) is 0 Å². The van der Waals surface area contributed by atoms with Crippen LogP contribution in [0.1, 0.15) is 21.6 Å². The van der Waals surface area contributed by atoms with E-state index in [2.05, 4.69) is 25.5 Å². The Balaban J connectivity index is 2.38. The summed E-state index contributed by atoms with van der Waals surface area (Å²) in [5.41, 5.74) is 0.794. The number of aromatic nitrogens is 2. The van der Waals surface area contributed by atoms with Gasteiger partial charge >= 0.3 is 0 Å². The van der Waals surface area contributed by atoms with Gasteiger partial charge in [0.15, 0.2) is 0 Å². The molecule has 0 fully saturated rings. The molecule has 3 nitrogen and oxygen atoms in total. The van der Waals surface area contributed by atoms with Gasteiger partial charge in [-0.15, -0.1) is 16.4 Å². The van der Waals surface area contributed by atoms with Crippen LogP contribution in [0, 0.1) is 6.92 Å². The van der Waals surface area contributed by atoms with Crippen molar-refractivity contribution in [2.75, 3.05) is 0 Å². The fourth-order valence-corrected chi connectivity index (χ4v) is 3.41. The summed E-state index contributed by atoms with van der Waals surface area (Å²) in [5, 5.41) is 15.9. The molecule has 2 heterocycles.